The van der Waals surface area contributed by atoms with Gasteiger partial charge in [-0.25, -0.2) is 0 Å². The van der Waals surface area contributed by atoms with Crippen LogP contribution in [0.25, 0.3) is 10.4 Å². The van der Waals surface area contributed by atoms with Crippen LogP contribution in [0.15, 0.2) is 36.4 Å². The van der Waals surface area contributed by atoms with Gasteiger partial charge in [0.1, 0.15) is 0 Å². The maximum atomic E-state index is 10.5. The summed E-state index contributed by atoms with van der Waals surface area (Å²) in [5.41, 5.74) is 0.629. The van der Waals surface area contributed by atoms with Crippen molar-refractivity contribution in [2.24, 2.45) is 0 Å². The molecule has 0 aliphatic heterocycles. The standard InChI is InChI=1S/C10H7NO3S/c12-10-8(11(13)14)6-9(15-10)7-4-2-1-3-5-7/h1-6,12H. The van der Waals surface area contributed by atoms with Crippen molar-refractivity contribution >= 4 is 17.0 Å². The molecule has 0 saturated heterocycles. The molecule has 0 saturated carbocycles. The predicted molar refractivity (Wildman–Crippen MR) is 58.1 cm³/mol. The van der Waals surface area contributed by atoms with Crippen LogP contribution >= 0.6 is 11.3 Å². The summed E-state index contributed by atoms with van der Waals surface area (Å²) in [5, 5.41) is 19.6. The highest BCUT2D eigenvalue weighted by Crippen LogP contribution is 2.40. The highest BCUT2D eigenvalue weighted by molar-refractivity contribution is 7.17. The fraction of sp³-hybridized carbons (Fsp3) is 0. The van der Waals surface area contributed by atoms with Gasteiger partial charge in [-0.15, -0.1) is 0 Å². The van der Waals surface area contributed by atoms with Crippen LogP contribution in [0, 0.1) is 10.1 Å². The highest BCUT2D eigenvalue weighted by atomic mass is 32.1. The zero-order valence-electron chi connectivity index (χ0n) is 7.58. The number of thiophene rings is 1. The van der Waals surface area contributed by atoms with Crippen LogP contribution < -0.4 is 0 Å². The lowest BCUT2D eigenvalue weighted by atomic mass is 10.2. The predicted octanol–water partition coefficient (Wildman–Crippen LogP) is 3.03. The van der Waals surface area contributed by atoms with Gasteiger partial charge in [-0.2, -0.15) is 0 Å². The van der Waals surface area contributed by atoms with Gasteiger partial charge in [-0.05, 0) is 5.56 Å². The van der Waals surface area contributed by atoms with Gasteiger partial charge in [0.15, 0.2) is 0 Å². The van der Waals surface area contributed by atoms with E-state index in [-0.39, 0.29) is 10.8 Å². The Labute approximate surface area is 89.6 Å². The number of aromatic hydroxyl groups is 1. The molecular weight excluding hydrogens is 214 g/mol. The summed E-state index contributed by atoms with van der Waals surface area (Å²) in [7, 11) is 0. The molecule has 0 aliphatic carbocycles. The molecule has 0 amide bonds. The summed E-state index contributed by atoms with van der Waals surface area (Å²) in [6.07, 6.45) is 0. The summed E-state index contributed by atoms with van der Waals surface area (Å²) in [4.78, 5) is 10.6. The van der Waals surface area contributed by atoms with E-state index in [9.17, 15) is 15.2 Å². The van der Waals surface area contributed by atoms with Crippen LogP contribution in [0.5, 0.6) is 5.06 Å². The first-order valence-corrected chi connectivity index (χ1v) is 5.03. The molecule has 0 fully saturated rings. The Hall–Kier alpha value is -1.88. The third-order valence-electron chi connectivity index (χ3n) is 1.95. The van der Waals surface area contributed by atoms with Crippen molar-refractivity contribution < 1.29 is 10.0 Å². The van der Waals surface area contributed by atoms with Crippen LogP contribution in [0.1, 0.15) is 0 Å². The number of hydrogen-bond acceptors (Lipinski definition) is 4. The molecule has 0 aliphatic rings. The number of benzene rings is 1. The zero-order chi connectivity index (χ0) is 10.8. The summed E-state index contributed by atoms with van der Waals surface area (Å²) in [6, 6.07) is 10.6. The fourth-order valence-electron chi connectivity index (χ4n) is 1.25. The lowest BCUT2D eigenvalue weighted by Crippen LogP contribution is -1.83. The lowest BCUT2D eigenvalue weighted by Gasteiger charge is -1.92. The molecule has 1 N–H and O–H groups in total. The maximum absolute atomic E-state index is 10.5. The molecule has 1 aromatic carbocycles. The Kier molecular flexibility index (Phi) is 2.39. The van der Waals surface area contributed by atoms with Crippen LogP contribution in [-0.2, 0) is 0 Å². The van der Waals surface area contributed by atoms with Crippen molar-refractivity contribution in [3.05, 3.63) is 46.5 Å². The summed E-state index contributed by atoms with van der Waals surface area (Å²) < 4.78 is 0. The van der Waals surface area contributed by atoms with E-state index >= 15 is 0 Å². The van der Waals surface area contributed by atoms with Crippen LogP contribution in [0.4, 0.5) is 5.69 Å². The van der Waals surface area contributed by atoms with Crippen molar-refractivity contribution in [3.63, 3.8) is 0 Å². The largest absolute Gasteiger partial charge is 0.495 e. The minimum Gasteiger partial charge on any atom is -0.495 e. The van der Waals surface area contributed by atoms with Gasteiger partial charge in [-0.1, -0.05) is 41.7 Å². The summed E-state index contributed by atoms with van der Waals surface area (Å²) in [5.74, 6) is 0. The third-order valence-corrected chi connectivity index (χ3v) is 2.92. The van der Waals surface area contributed by atoms with E-state index in [1.807, 2.05) is 30.3 Å². The molecule has 0 radical (unpaired) electrons. The second kappa shape index (κ2) is 3.70. The van der Waals surface area contributed by atoms with Crippen molar-refractivity contribution in [2.75, 3.05) is 0 Å². The van der Waals surface area contributed by atoms with E-state index in [1.165, 1.54) is 6.07 Å². The van der Waals surface area contributed by atoms with Crippen molar-refractivity contribution in [1.82, 2.24) is 0 Å². The van der Waals surface area contributed by atoms with Gasteiger partial charge in [-0.3, -0.25) is 10.1 Å². The number of hydrogen-bond donors (Lipinski definition) is 1. The Bertz CT molecular complexity index is 493. The Morgan fingerprint density at radius 2 is 1.93 bits per heavy atom. The van der Waals surface area contributed by atoms with E-state index in [2.05, 4.69) is 0 Å². The topological polar surface area (TPSA) is 63.4 Å². The number of nitrogens with zero attached hydrogens (tertiary/aromatic N) is 1. The lowest BCUT2D eigenvalue weighted by molar-refractivity contribution is -0.385. The molecule has 2 aromatic rings. The molecule has 0 spiro atoms. The Balaban J connectivity index is 2.48. The molecule has 4 nitrogen and oxygen atoms in total. The Morgan fingerprint density at radius 3 is 2.47 bits per heavy atom. The minimum atomic E-state index is -0.585. The zero-order valence-corrected chi connectivity index (χ0v) is 8.40. The quantitative estimate of drug-likeness (QED) is 0.626. The van der Waals surface area contributed by atoms with Gasteiger partial charge in [0.25, 0.3) is 5.06 Å². The van der Waals surface area contributed by atoms with E-state index in [0.717, 1.165) is 16.9 Å². The van der Waals surface area contributed by atoms with Gasteiger partial charge in [0.2, 0.25) is 0 Å². The van der Waals surface area contributed by atoms with E-state index < -0.39 is 4.92 Å². The van der Waals surface area contributed by atoms with Crippen LogP contribution in [-0.4, -0.2) is 10.0 Å². The van der Waals surface area contributed by atoms with Crippen molar-refractivity contribution in [2.45, 2.75) is 0 Å². The first kappa shape index (κ1) is 9.67. The smallest absolute Gasteiger partial charge is 0.322 e. The van der Waals surface area contributed by atoms with Gasteiger partial charge in [0.05, 0.1) is 4.92 Å². The second-order valence-electron chi connectivity index (χ2n) is 2.92. The average Bonchev–Trinajstić information content (AvgIpc) is 2.62. The fourth-order valence-corrected chi connectivity index (χ4v) is 2.12. The molecule has 0 atom stereocenters. The van der Waals surface area contributed by atoms with E-state index in [0.29, 0.717) is 4.88 Å². The normalized spacial score (nSPS) is 10.1. The highest BCUT2D eigenvalue weighted by Gasteiger charge is 2.18. The van der Waals surface area contributed by atoms with Crippen LogP contribution in [0.2, 0.25) is 0 Å². The summed E-state index contributed by atoms with van der Waals surface area (Å²) >= 11 is 1.01. The SMILES string of the molecule is O=[N+]([O-])c1cc(-c2ccccc2)sc1O. The molecule has 15 heavy (non-hydrogen) atoms. The first-order chi connectivity index (χ1) is 7.18. The monoisotopic (exact) mass is 221 g/mol. The molecule has 1 heterocycles. The first-order valence-electron chi connectivity index (χ1n) is 4.21. The molecule has 0 unspecified atom stereocenters. The van der Waals surface area contributed by atoms with Crippen molar-refractivity contribution in [3.8, 4) is 15.5 Å². The molecular formula is C10H7NO3S. The second-order valence-corrected chi connectivity index (χ2v) is 3.95. The average molecular weight is 221 g/mol. The van der Waals surface area contributed by atoms with Gasteiger partial charge < -0.3 is 5.11 Å². The maximum Gasteiger partial charge on any atom is 0.322 e. The number of rotatable bonds is 2. The third kappa shape index (κ3) is 1.82. The number of nitro groups is 1. The van der Waals surface area contributed by atoms with Gasteiger partial charge >= 0.3 is 5.69 Å². The summed E-state index contributed by atoms with van der Waals surface area (Å²) in [6.45, 7) is 0. The molecule has 0 bridgehead atoms. The van der Waals surface area contributed by atoms with Crippen LogP contribution in [0.3, 0.4) is 0 Å². The Morgan fingerprint density at radius 1 is 1.27 bits per heavy atom. The van der Waals surface area contributed by atoms with E-state index in [4.69, 9.17) is 0 Å². The molecule has 2 rings (SSSR count). The molecule has 5 heteroatoms. The van der Waals surface area contributed by atoms with E-state index in [1.54, 1.807) is 0 Å². The van der Waals surface area contributed by atoms with Crippen molar-refractivity contribution in [1.29, 1.82) is 0 Å². The minimum absolute atomic E-state index is 0.237. The van der Waals surface area contributed by atoms with Gasteiger partial charge in [0, 0.05) is 10.9 Å². The molecule has 76 valence electrons. The molecule has 1 aromatic heterocycles.